The van der Waals surface area contributed by atoms with E-state index in [1.807, 2.05) is 64.7 Å². The molecule has 1 aliphatic heterocycles. The molecule has 3 aromatic carbocycles. The fourth-order valence-electron chi connectivity index (χ4n) is 5.46. The van der Waals surface area contributed by atoms with E-state index in [0.717, 1.165) is 73.6 Å². The van der Waals surface area contributed by atoms with Crippen LogP contribution in [0, 0.1) is 11.6 Å². The smallest absolute Gasteiger partial charge is 0.132 e. The molecule has 6 rings (SSSR count). The number of hydrogen-bond donors (Lipinski definition) is 1. The summed E-state index contributed by atoms with van der Waals surface area (Å²) in [7, 11) is 0. The summed E-state index contributed by atoms with van der Waals surface area (Å²) in [6, 6.07) is 18.9. The summed E-state index contributed by atoms with van der Waals surface area (Å²) in [5.41, 5.74) is 5.78. The van der Waals surface area contributed by atoms with Gasteiger partial charge in [0.1, 0.15) is 11.6 Å². The second-order valence-electron chi connectivity index (χ2n) is 9.74. The number of benzene rings is 3. The van der Waals surface area contributed by atoms with Gasteiger partial charge in [-0.2, -0.15) is 28.6 Å². The van der Waals surface area contributed by atoms with Gasteiger partial charge in [-0.3, -0.25) is 4.68 Å². The van der Waals surface area contributed by atoms with Crippen molar-refractivity contribution in [2.24, 2.45) is 0 Å². The summed E-state index contributed by atoms with van der Waals surface area (Å²) in [5.74, 6) is 3.47. The lowest BCUT2D eigenvalue weighted by atomic mass is 9.93. The van der Waals surface area contributed by atoms with Crippen molar-refractivity contribution >= 4 is 50.4 Å². The molecule has 1 unspecified atom stereocenters. The first-order chi connectivity index (χ1) is 19.1. The highest BCUT2D eigenvalue weighted by atomic mass is 79.9. The molecule has 2 aromatic heterocycles. The van der Waals surface area contributed by atoms with Crippen LogP contribution < -0.4 is 0 Å². The number of hydrogen-bond acceptors (Lipinski definition) is 3. The molecule has 5 aromatic rings. The van der Waals surface area contributed by atoms with Gasteiger partial charge in [-0.1, -0.05) is 34.1 Å². The average molecular weight is 625 g/mol. The molecule has 8 heteroatoms. The lowest BCUT2D eigenvalue weighted by Crippen LogP contribution is -2.15. The Morgan fingerprint density at radius 1 is 0.897 bits per heavy atom. The van der Waals surface area contributed by atoms with Gasteiger partial charge in [0.05, 0.1) is 11.7 Å². The minimum atomic E-state index is -0.307. The summed E-state index contributed by atoms with van der Waals surface area (Å²) in [4.78, 5) is 3.17. The maximum atomic E-state index is 15.5. The summed E-state index contributed by atoms with van der Waals surface area (Å²) >= 11 is 7.47. The predicted octanol–water partition coefficient (Wildman–Crippen LogP) is 8.66. The van der Waals surface area contributed by atoms with Crippen molar-refractivity contribution in [1.82, 2.24) is 14.8 Å². The van der Waals surface area contributed by atoms with Crippen molar-refractivity contribution in [3.8, 4) is 11.3 Å². The van der Waals surface area contributed by atoms with Crippen LogP contribution in [0.25, 0.3) is 22.2 Å². The molecule has 1 aliphatic rings. The van der Waals surface area contributed by atoms with Gasteiger partial charge in [-0.05, 0) is 89.1 Å². The minimum absolute atomic E-state index is 0.0357. The van der Waals surface area contributed by atoms with Gasteiger partial charge in [0, 0.05) is 51.3 Å². The minimum Gasteiger partial charge on any atom is -0.361 e. The standard InChI is InChI=1S/C31H28BrF2N3S2/c32-22-3-1-2-21(18-22)30-9-13-39-15-14-38-12-8-23-24-6-10-35-29(24)19-28(34)25(23)16-20-4-5-27(33)26(17-20)31-7-11-36-37(30)31/h1-7,10-11,17-19,30,35H,8-9,12-16H2. The van der Waals surface area contributed by atoms with Crippen molar-refractivity contribution < 1.29 is 8.78 Å². The fourth-order valence-corrected chi connectivity index (χ4v) is 7.96. The summed E-state index contributed by atoms with van der Waals surface area (Å²) < 4.78 is 33.9. The summed E-state index contributed by atoms with van der Waals surface area (Å²) in [6.07, 6.45) is 5.69. The molecule has 3 nitrogen and oxygen atoms in total. The molecule has 0 saturated carbocycles. The molecule has 0 saturated heterocycles. The first-order valence-corrected chi connectivity index (χ1v) is 16.2. The Morgan fingerprint density at radius 3 is 2.64 bits per heavy atom. The number of nitrogens with zero attached hydrogens (tertiary/aromatic N) is 2. The number of halogens is 3. The van der Waals surface area contributed by atoms with E-state index in [1.54, 1.807) is 18.3 Å². The van der Waals surface area contributed by atoms with Crippen LogP contribution in [-0.2, 0) is 12.8 Å². The molecule has 0 spiro atoms. The topological polar surface area (TPSA) is 33.6 Å². The van der Waals surface area contributed by atoms with Gasteiger partial charge in [0.2, 0.25) is 0 Å². The van der Waals surface area contributed by atoms with Crippen LogP contribution in [0.15, 0.2) is 77.5 Å². The van der Waals surface area contributed by atoms with E-state index in [4.69, 9.17) is 5.10 Å². The largest absolute Gasteiger partial charge is 0.361 e. The van der Waals surface area contributed by atoms with E-state index >= 15 is 8.78 Å². The summed E-state index contributed by atoms with van der Waals surface area (Å²) in [5, 5.41) is 5.76. The molecule has 0 aliphatic carbocycles. The van der Waals surface area contributed by atoms with E-state index in [1.165, 1.54) is 6.07 Å². The van der Waals surface area contributed by atoms with E-state index < -0.39 is 0 Å². The lowest BCUT2D eigenvalue weighted by Gasteiger charge is -2.22. The van der Waals surface area contributed by atoms with Crippen molar-refractivity contribution in [2.75, 3.05) is 23.0 Å². The van der Waals surface area contributed by atoms with Crippen molar-refractivity contribution in [3.05, 3.63) is 111 Å². The molecule has 0 fully saturated rings. The SMILES string of the molecule is Fc1ccc2cc1-c1ccnn1C(c1cccc(Br)c1)CCSCCSCCc1c(c(F)cc3[nH]ccc13)C2. The molecular weight excluding hydrogens is 596 g/mol. The Bertz CT molecular complexity index is 1610. The van der Waals surface area contributed by atoms with Crippen LogP contribution in [0.3, 0.4) is 0 Å². The van der Waals surface area contributed by atoms with Gasteiger partial charge in [-0.15, -0.1) is 0 Å². The molecule has 2 bridgehead atoms. The molecule has 3 heterocycles. The Balaban J connectivity index is 1.46. The van der Waals surface area contributed by atoms with E-state index in [0.29, 0.717) is 17.5 Å². The number of aromatic nitrogens is 3. The average Bonchev–Trinajstić information content (AvgIpc) is 3.59. The van der Waals surface area contributed by atoms with Gasteiger partial charge in [-0.25, -0.2) is 8.78 Å². The molecule has 0 amide bonds. The molecule has 39 heavy (non-hydrogen) atoms. The lowest BCUT2D eigenvalue weighted by molar-refractivity contribution is 0.515. The zero-order chi connectivity index (χ0) is 26.8. The van der Waals surface area contributed by atoms with Gasteiger partial charge in [0.25, 0.3) is 0 Å². The van der Waals surface area contributed by atoms with E-state index in [2.05, 4.69) is 33.0 Å². The number of H-pyrrole nitrogens is 1. The third-order valence-corrected chi connectivity index (χ3v) is 10.1. The van der Waals surface area contributed by atoms with Crippen LogP contribution >= 0.6 is 39.5 Å². The number of thioether (sulfide) groups is 2. The fraction of sp³-hybridized carbons (Fsp3) is 0.258. The zero-order valence-electron chi connectivity index (χ0n) is 21.3. The number of rotatable bonds is 1. The van der Waals surface area contributed by atoms with Gasteiger partial charge in [0.15, 0.2) is 0 Å². The quantitative estimate of drug-likeness (QED) is 0.203. The molecule has 0 radical (unpaired) electrons. The van der Waals surface area contributed by atoms with E-state index in [9.17, 15) is 0 Å². The predicted molar refractivity (Wildman–Crippen MR) is 164 cm³/mol. The van der Waals surface area contributed by atoms with Crippen LogP contribution in [-0.4, -0.2) is 37.8 Å². The van der Waals surface area contributed by atoms with E-state index in [-0.39, 0.29) is 17.7 Å². The van der Waals surface area contributed by atoms with Crippen molar-refractivity contribution in [1.29, 1.82) is 0 Å². The normalized spacial score (nSPS) is 16.9. The Morgan fingerprint density at radius 2 is 1.77 bits per heavy atom. The Hall–Kier alpha value is -2.55. The molecule has 1 N–H and O–H groups in total. The third kappa shape index (κ3) is 5.70. The number of aryl methyl sites for hydroxylation is 1. The van der Waals surface area contributed by atoms with Crippen LogP contribution in [0.4, 0.5) is 8.78 Å². The monoisotopic (exact) mass is 623 g/mol. The first-order valence-electron chi connectivity index (χ1n) is 13.1. The van der Waals surface area contributed by atoms with Crippen LogP contribution in [0.5, 0.6) is 0 Å². The second-order valence-corrected chi connectivity index (χ2v) is 13.1. The number of nitrogens with one attached hydrogen (secondary N) is 1. The van der Waals surface area contributed by atoms with Gasteiger partial charge >= 0.3 is 0 Å². The maximum absolute atomic E-state index is 15.5. The molecular formula is C31H28BrF2N3S2. The van der Waals surface area contributed by atoms with Crippen molar-refractivity contribution in [2.45, 2.75) is 25.3 Å². The number of aromatic amines is 1. The maximum Gasteiger partial charge on any atom is 0.132 e. The van der Waals surface area contributed by atoms with Crippen molar-refractivity contribution in [3.63, 3.8) is 0 Å². The zero-order valence-corrected chi connectivity index (χ0v) is 24.5. The van der Waals surface area contributed by atoms with Crippen LogP contribution in [0.2, 0.25) is 0 Å². The first kappa shape index (κ1) is 26.7. The Kier molecular flexibility index (Phi) is 8.14. The molecule has 200 valence electrons. The molecule has 1 atom stereocenters. The highest BCUT2D eigenvalue weighted by Crippen LogP contribution is 2.34. The summed E-state index contributed by atoms with van der Waals surface area (Å²) in [6.45, 7) is 0. The second kappa shape index (κ2) is 11.9. The Labute approximate surface area is 243 Å². The van der Waals surface area contributed by atoms with Crippen LogP contribution in [0.1, 0.15) is 34.7 Å². The van der Waals surface area contributed by atoms with Gasteiger partial charge < -0.3 is 4.98 Å². The third-order valence-electron chi connectivity index (χ3n) is 7.32. The number of fused-ring (bicyclic) bond motifs is 7. The highest BCUT2D eigenvalue weighted by Gasteiger charge is 2.22. The highest BCUT2D eigenvalue weighted by molar-refractivity contribution is 9.10.